The van der Waals surface area contributed by atoms with Gasteiger partial charge in [0.1, 0.15) is 12.6 Å². The molecule has 0 saturated heterocycles. The van der Waals surface area contributed by atoms with Crippen molar-refractivity contribution < 1.29 is 27.5 Å². The summed E-state index contributed by atoms with van der Waals surface area (Å²) in [6.07, 6.45) is 2.02. The van der Waals surface area contributed by atoms with Crippen molar-refractivity contribution in [3.8, 4) is 11.5 Å². The van der Waals surface area contributed by atoms with E-state index in [1.807, 2.05) is 75.4 Å². The number of anilines is 1. The highest BCUT2D eigenvalue weighted by molar-refractivity contribution is 7.92. The van der Waals surface area contributed by atoms with E-state index in [4.69, 9.17) is 9.47 Å². The minimum atomic E-state index is -3.91. The van der Waals surface area contributed by atoms with Gasteiger partial charge in [0.15, 0.2) is 11.5 Å². The summed E-state index contributed by atoms with van der Waals surface area (Å²) in [5.74, 6) is -0.0690. The summed E-state index contributed by atoms with van der Waals surface area (Å²) >= 11 is 0. The van der Waals surface area contributed by atoms with Crippen LogP contribution in [0.15, 0.2) is 72.8 Å². The number of methoxy groups -OCH3 is 2. The number of rotatable bonds is 14. The van der Waals surface area contributed by atoms with Gasteiger partial charge in [-0.1, -0.05) is 61.5 Å². The number of carbonyl (C=O) groups excluding carboxylic acids is 2. The normalized spacial score (nSPS) is 12.6. The van der Waals surface area contributed by atoms with Gasteiger partial charge in [-0.25, -0.2) is 8.42 Å². The van der Waals surface area contributed by atoms with Crippen LogP contribution < -0.4 is 19.1 Å². The zero-order chi connectivity index (χ0) is 30.9. The Bertz CT molecular complexity index is 1460. The quantitative estimate of drug-likeness (QED) is 0.298. The van der Waals surface area contributed by atoms with E-state index in [1.54, 1.807) is 12.1 Å². The Kier molecular flexibility index (Phi) is 11.4. The van der Waals surface area contributed by atoms with E-state index in [0.717, 1.165) is 33.7 Å². The number of ether oxygens (including phenoxy) is 2. The Morgan fingerprint density at radius 2 is 1.57 bits per heavy atom. The average molecular weight is 596 g/mol. The molecule has 0 aliphatic carbocycles. The Morgan fingerprint density at radius 3 is 2.17 bits per heavy atom. The van der Waals surface area contributed by atoms with Gasteiger partial charge in [-0.15, -0.1) is 0 Å². The van der Waals surface area contributed by atoms with Crippen LogP contribution in [0.2, 0.25) is 0 Å². The first kappa shape index (κ1) is 32.5. The third-order valence-electron chi connectivity index (χ3n) is 7.21. The second kappa shape index (κ2) is 14.7. The first-order valence-electron chi connectivity index (χ1n) is 13.9. The molecule has 0 spiro atoms. The van der Waals surface area contributed by atoms with Crippen LogP contribution >= 0.6 is 0 Å². The van der Waals surface area contributed by atoms with Crippen LogP contribution in [-0.2, 0) is 32.6 Å². The smallest absolute Gasteiger partial charge is 0.244 e. The van der Waals surface area contributed by atoms with Crippen molar-refractivity contribution in [1.82, 2.24) is 10.2 Å². The monoisotopic (exact) mass is 595 g/mol. The van der Waals surface area contributed by atoms with E-state index < -0.39 is 28.5 Å². The predicted octanol–water partition coefficient (Wildman–Crippen LogP) is 4.33. The Hall–Kier alpha value is -4.05. The van der Waals surface area contributed by atoms with Gasteiger partial charge in [0.25, 0.3) is 0 Å². The molecular weight excluding hydrogens is 554 g/mol. The molecule has 3 rings (SSSR count). The summed E-state index contributed by atoms with van der Waals surface area (Å²) in [4.78, 5) is 29.5. The maximum absolute atomic E-state index is 14.2. The van der Waals surface area contributed by atoms with Gasteiger partial charge in [0.05, 0.1) is 26.2 Å². The van der Waals surface area contributed by atoms with Gasteiger partial charge in [0.2, 0.25) is 21.8 Å². The molecule has 226 valence electrons. The van der Waals surface area contributed by atoms with Crippen LogP contribution in [0.3, 0.4) is 0 Å². The SMILES string of the molecule is CC[C@@H](C)NC(=O)[C@H](Cc1ccccc1)N(Cc1ccccc1C)C(=O)CN(c1ccc(OC)c(OC)c1)S(C)(=O)=O. The lowest BCUT2D eigenvalue weighted by molar-refractivity contribution is -0.140. The molecular formula is C32H41N3O6S. The summed E-state index contributed by atoms with van der Waals surface area (Å²) in [7, 11) is -0.979. The molecule has 0 radical (unpaired) electrons. The summed E-state index contributed by atoms with van der Waals surface area (Å²) in [5, 5.41) is 3.03. The number of carbonyl (C=O) groups is 2. The van der Waals surface area contributed by atoms with Crippen LogP contribution in [0.1, 0.15) is 37.0 Å². The van der Waals surface area contributed by atoms with Crippen LogP contribution in [0.4, 0.5) is 5.69 Å². The largest absolute Gasteiger partial charge is 0.493 e. The molecule has 0 aromatic heterocycles. The second-order valence-electron chi connectivity index (χ2n) is 10.3. The highest BCUT2D eigenvalue weighted by atomic mass is 32.2. The number of amides is 2. The second-order valence-corrected chi connectivity index (χ2v) is 12.2. The van der Waals surface area contributed by atoms with Crippen molar-refractivity contribution in [2.75, 3.05) is 31.3 Å². The molecule has 2 amide bonds. The van der Waals surface area contributed by atoms with Gasteiger partial charge < -0.3 is 19.7 Å². The van der Waals surface area contributed by atoms with Crippen molar-refractivity contribution in [1.29, 1.82) is 0 Å². The third kappa shape index (κ3) is 8.48. The van der Waals surface area contributed by atoms with Gasteiger partial charge >= 0.3 is 0 Å². The van der Waals surface area contributed by atoms with E-state index in [9.17, 15) is 18.0 Å². The highest BCUT2D eigenvalue weighted by Crippen LogP contribution is 2.32. The zero-order valence-corrected chi connectivity index (χ0v) is 26.0. The highest BCUT2D eigenvalue weighted by Gasteiger charge is 2.33. The first-order valence-corrected chi connectivity index (χ1v) is 15.7. The topological polar surface area (TPSA) is 105 Å². The average Bonchev–Trinajstić information content (AvgIpc) is 2.97. The fourth-order valence-electron chi connectivity index (χ4n) is 4.56. The van der Waals surface area contributed by atoms with Crippen molar-refractivity contribution in [3.63, 3.8) is 0 Å². The molecule has 0 aliphatic rings. The Morgan fingerprint density at radius 1 is 0.929 bits per heavy atom. The molecule has 0 heterocycles. The van der Waals surface area contributed by atoms with Crippen LogP contribution in [0.5, 0.6) is 11.5 Å². The van der Waals surface area contributed by atoms with Gasteiger partial charge in [-0.3, -0.25) is 13.9 Å². The van der Waals surface area contributed by atoms with E-state index in [-0.39, 0.29) is 30.6 Å². The molecule has 0 aliphatic heterocycles. The van der Waals surface area contributed by atoms with Crippen molar-refractivity contribution in [2.45, 2.75) is 52.2 Å². The molecule has 3 aromatic rings. The Labute approximate surface area is 249 Å². The summed E-state index contributed by atoms with van der Waals surface area (Å²) < 4.78 is 37.8. The van der Waals surface area contributed by atoms with Gasteiger partial charge in [0, 0.05) is 25.1 Å². The molecule has 0 saturated carbocycles. The zero-order valence-electron chi connectivity index (χ0n) is 25.2. The summed E-state index contributed by atoms with van der Waals surface area (Å²) in [5.41, 5.74) is 2.93. The van der Waals surface area contributed by atoms with Crippen molar-refractivity contribution >= 4 is 27.5 Å². The molecule has 9 nitrogen and oxygen atoms in total. The lowest BCUT2D eigenvalue weighted by Crippen LogP contribution is -2.54. The fourth-order valence-corrected chi connectivity index (χ4v) is 5.40. The molecule has 0 fully saturated rings. The molecule has 3 aromatic carbocycles. The van der Waals surface area contributed by atoms with Crippen molar-refractivity contribution in [3.05, 3.63) is 89.5 Å². The molecule has 10 heteroatoms. The number of nitrogens with zero attached hydrogens (tertiary/aromatic N) is 2. The van der Waals surface area contributed by atoms with Crippen LogP contribution in [0, 0.1) is 6.92 Å². The summed E-state index contributed by atoms with van der Waals surface area (Å²) in [6, 6.07) is 20.8. The van der Waals surface area contributed by atoms with E-state index in [1.165, 1.54) is 25.2 Å². The van der Waals surface area contributed by atoms with Crippen LogP contribution in [-0.4, -0.2) is 64.2 Å². The predicted molar refractivity (Wildman–Crippen MR) is 165 cm³/mol. The van der Waals surface area contributed by atoms with E-state index in [2.05, 4.69) is 5.32 Å². The Balaban J connectivity index is 2.09. The maximum Gasteiger partial charge on any atom is 0.244 e. The number of benzene rings is 3. The van der Waals surface area contributed by atoms with E-state index in [0.29, 0.717) is 11.5 Å². The number of nitrogens with one attached hydrogen (secondary N) is 1. The van der Waals surface area contributed by atoms with Gasteiger partial charge in [-0.05, 0) is 49.1 Å². The van der Waals surface area contributed by atoms with E-state index >= 15 is 0 Å². The number of hydrogen-bond acceptors (Lipinski definition) is 6. The fraction of sp³-hybridized carbons (Fsp3) is 0.375. The molecule has 42 heavy (non-hydrogen) atoms. The number of hydrogen-bond donors (Lipinski definition) is 1. The molecule has 0 bridgehead atoms. The molecule has 0 unspecified atom stereocenters. The molecule has 1 N–H and O–H groups in total. The lowest BCUT2D eigenvalue weighted by atomic mass is 10.0. The summed E-state index contributed by atoms with van der Waals surface area (Å²) in [6.45, 7) is 5.44. The number of aryl methyl sites for hydroxylation is 1. The number of sulfonamides is 1. The maximum atomic E-state index is 14.2. The first-order chi connectivity index (χ1) is 20.0. The minimum absolute atomic E-state index is 0.106. The standard InChI is InChI=1S/C32H41N3O6S/c1-7-24(3)33-32(37)28(19-25-14-9-8-10-15-25)34(21-26-16-12-11-13-23(26)2)31(36)22-35(42(6,38)39)27-17-18-29(40-4)30(20-27)41-5/h8-18,20,24,28H,7,19,21-22H2,1-6H3,(H,33,37)/t24-,28+/m1/s1. The third-order valence-corrected chi connectivity index (χ3v) is 8.35. The lowest BCUT2D eigenvalue weighted by Gasteiger charge is -2.34. The molecule has 2 atom stereocenters. The minimum Gasteiger partial charge on any atom is -0.493 e. The van der Waals surface area contributed by atoms with Crippen LogP contribution in [0.25, 0.3) is 0 Å². The van der Waals surface area contributed by atoms with Crippen molar-refractivity contribution in [2.24, 2.45) is 0 Å². The van der Waals surface area contributed by atoms with Gasteiger partial charge in [-0.2, -0.15) is 0 Å².